The normalized spacial score (nSPS) is 11.9. The Morgan fingerprint density at radius 1 is 1.21 bits per heavy atom. The Morgan fingerprint density at radius 2 is 1.83 bits per heavy atom. The molecule has 0 aliphatic heterocycles. The summed E-state index contributed by atoms with van der Waals surface area (Å²) in [5, 5.41) is 14.4. The van der Waals surface area contributed by atoms with Crippen LogP contribution in [0.3, 0.4) is 0 Å². The fraction of sp³-hybridized carbons (Fsp3) is 0.524. The average Bonchev–Trinajstić information content (AvgIpc) is 2.58. The molecule has 1 aromatic carbocycles. The molecule has 0 spiro atoms. The van der Waals surface area contributed by atoms with Crippen molar-refractivity contribution in [2.45, 2.75) is 59.2 Å². The van der Waals surface area contributed by atoms with Crippen molar-refractivity contribution >= 4 is 17.9 Å². The van der Waals surface area contributed by atoms with Gasteiger partial charge in [0.15, 0.2) is 0 Å². The standard InChI is InChI=1S/C21H30N4O4/c1-14(2)24-19(27)18(16-10-8-7-9-15(16)3)25(12-11-22)17(26)13-23-20(28)29-21(4,5)6/h7-10,14,18H,12-13H2,1-6H3,(H,23,28)(H,24,27). The second-order valence-electron chi connectivity index (χ2n) is 7.96. The van der Waals surface area contributed by atoms with Crippen molar-refractivity contribution < 1.29 is 19.1 Å². The molecule has 0 heterocycles. The number of carbonyl (C=O) groups is 3. The zero-order valence-electron chi connectivity index (χ0n) is 17.9. The van der Waals surface area contributed by atoms with Gasteiger partial charge in [0.05, 0.1) is 6.07 Å². The molecule has 0 aliphatic rings. The highest BCUT2D eigenvalue weighted by Gasteiger charge is 2.32. The molecule has 0 radical (unpaired) electrons. The van der Waals surface area contributed by atoms with Crippen LogP contribution in [0.25, 0.3) is 0 Å². The van der Waals surface area contributed by atoms with E-state index in [4.69, 9.17) is 4.74 Å². The van der Waals surface area contributed by atoms with Crippen LogP contribution in [0.1, 0.15) is 51.8 Å². The van der Waals surface area contributed by atoms with Crippen molar-refractivity contribution in [3.8, 4) is 6.07 Å². The van der Waals surface area contributed by atoms with E-state index in [0.29, 0.717) is 5.56 Å². The first-order valence-electron chi connectivity index (χ1n) is 9.45. The van der Waals surface area contributed by atoms with Gasteiger partial charge in [-0.15, -0.1) is 0 Å². The van der Waals surface area contributed by atoms with E-state index < -0.39 is 36.1 Å². The molecule has 1 atom stereocenters. The van der Waals surface area contributed by atoms with Gasteiger partial charge in [0.1, 0.15) is 24.7 Å². The number of amides is 3. The van der Waals surface area contributed by atoms with Gasteiger partial charge in [-0.05, 0) is 52.7 Å². The van der Waals surface area contributed by atoms with E-state index >= 15 is 0 Å². The molecule has 1 unspecified atom stereocenters. The molecule has 0 fully saturated rings. The second-order valence-corrected chi connectivity index (χ2v) is 7.96. The molecule has 2 N–H and O–H groups in total. The molecule has 0 saturated carbocycles. The minimum atomic E-state index is -0.994. The number of hydrogen-bond acceptors (Lipinski definition) is 5. The van der Waals surface area contributed by atoms with E-state index in [0.717, 1.165) is 10.5 Å². The fourth-order valence-electron chi connectivity index (χ4n) is 2.67. The predicted octanol–water partition coefficient (Wildman–Crippen LogP) is 2.44. The smallest absolute Gasteiger partial charge is 0.408 e. The molecule has 29 heavy (non-hydrogen) atoms. The number of benzene rings is 1. The Balaban J connectivity index is 3.14. The maximum atomic E-state index is 12.9. The molecule has 0 bridgehead atoms. The van der Waals surface area contributed by atoms with Gasteiger partial charge in [-0.3, -0.25) is 9.59 Å². The van der Waals surface area contributed by atoms with Gasteiger partial charge < -0.3 is 20.3 Å². The van der Waals surface area contributed by atoms with Gasteiger partial charge in [-0.2, -0.15) is 5.26 Å². The lowest BCUT2D eigenvalue weighted by Gasteiger charge is -2.31. The third-order valence-electron chi connectivity index (χ3n) is 3.82. The van der Waals surface area contributed by atoms with Crippen molar-refractivity contribution in [3.05, 3.63) is 35.4 Å². The average molecular weight is 402 g/mol. The highest BCUT2D eigenvalue weighted by molar-refractivity contribution is 5.91. The zero-order chi connectivity index (χ0) is 22.2. The van der Waals surface area contributed by atoms with Crippen LogP contribution in [0.2, 0.25) is 0 Å². The van der Waals surface area contributed by atoms with Gasteiger partial charge in [-0.1, -0.05) is 24.3 Å². The Kier molecular flexibility index (Phi) is 8.64. The topological polar surface area (TPSA) is 112 Å². The van der Waals surface area contributed by atoms with E-state index in [2.05, 4.69) is 10.6 Å². The number of ether oxygens (including phenoxy) is 1. The lowest BCUT2D eigenvalue weighted by atomic mass is 9.98. The first-order chi connectivity index (χ1) is 13.5. The van der Waals surface area contributed by atoms with Crippen LogP contribution < -0.4 is 10.6 Å². The lowest BCUT2D eigenvalue weighted by Crippen LogP contribution is -2.49. The van der Waals surface area contributed by atoms with E-state index in [-0.39, 0.29) is 12.6 Å². The minimum Gasteiger partial charge on any atom is -0.444 e. The van der Waals surface area contributed by atoms with Gasteiger partial charge >= 0.3 is 6.09 Å². The predicted molar refractivity (Wildman–Crippen MR) is 109 cm³/mol. The third kappa shape index (κ3) is 7.82. The van der Waals surface area contributed by atoms with Crippen LogP contribution in [0.5, 0.6) is 0 Å². The number of alkyl carbamates (subject to hydrolysis) is 1. The van der Waals surface area contributed by atoms with Crippen LogP contribution in [-0.2, 0) is 14.3 Å². The molecule has 8 heteroatoms. The van der Waals surface area contributed by atoms with Gasteiger partial charge in [0.2, 0.25) is 11.8 Å². The number of nitrogens with zero attached hydrogens (tertiary/aromatic N) is 2. The Morgan fingerprint density at radius 3 is 2.34 bits per heavy atom. The molecule has 1 rings (SSSR count). The van der Waals surface area contributed by atoms with Gasteiger partial charge in [0, 0.05) is 6.04 Å². The summed E-state index contributed by atoms with van der Waals surface area (Å²) in [7, 11) is 0. The monoisotopic (exact) mass is 402 g/mol. The highest BCUT2D eigenvalue weighted by atomic mass is 16.6. The number of nitriles is 1. The molecule has 8 nitrogen and oxygen atoms in total. The number of carbonyl (C=O) groups excluding carboxylic acids is 3. The molecular weight excluding hydrogens is 372 g/mol. The van der Waals surface area contributed by atoms with E-state index in [9.17, 15) is 19.6 Å². The maximum Gasteiger partial charge on any atom is 0.408 e. The van der Waals surface area contributed by atoms with Crippen molar-refractivity contribution in [2.75, 3.05) is 13.1 Å². The van der Waals surface area contributed by atoms with Crippen LogP contribution in [0.4, 0.5) is 4.79 Å². The van der Waals surface area contributed by atoms with Crippen LogP contribution in [0, 0.1) is 18.3 Å². The Labute approximate surface area is 172 Å². The molecule has 3 amide bonds. The van der Waals surface area contributed by atoms with E-state index in [1.54, 1.807) is 32.9 Å². The second kappa shape index (κ2) is 10.5. The SMILES string of the molecule is Cc1ccccc1C(C(=O)NC(C)C)N(CC#N)C(=O)CNC(=O)OC(C)(C)C. The lowest BCUT2D eigenvalue weighted by molar-refractivity contribution is -0.139. The summed E-state index contributed by atoms with van der Waals surface area (Å²) in [6.45, 7) is 9.88. The molecule has 0 aliphatic carbocycles. The van der Waals surface area contributed by atoms with Crippen molar-refractivity contribution in [3.63, 3.8) is 0 Å². The summed E-state index contributed by atoms with van der Waals surface area (Å²) in [6, 6.07) is 7.98. The summed E-state index contributed by atoms with van der Waals surface area (Å²) in [4.78, 5) is 38.8. The Hall–Kier alpha value is -3.08. The summed E-state index contributed by atoms with van der Waals surface area (Å²) >= 11 is 0. The Bertz CT molecular complexity index is 778. The summed E-state index contributed by atoms with van der Waals surface area (Å²) < 4.78 is 5.13. The zero-order valence-corrected chi connectivity index (χ0v) is 17.9. The molecular formula is C21H30N4O4. The molecule has 0 aromatic heterocycles. The molecule has 158 valence electrons. The van der Waals surface area contributed by atoms with Crippen molar-refractivity contribution in [2.24, 2.45) is 0 Å². The summed E-state index contributed by atoms with van der Waals surface area (Å²) in [5.74, 6) is -0.959. The third-order valence-corrected chi connectivity index (χ3v) is 3.82. The van der Waals surface area contributed by atoms with Gasteiger partial charge in [0.25, 0.3) is 0 Å². The molecule has 1 aromatic rings. The van der Waals surface area contributed by atoms with E-state index in [1.165, 1.54) is 0 Å². The van der Waals surface area contributed by atoms with Crippen molar-refractivity contribution in [1.82, 2.24) is 15.5 Å². The minimum absolute atomic E-state index is 0.145. The molecule has 0 saturated heterocycles. The highest BCUT2D eigenvalue weighted by Crippen LogP contribution is 2.24. The summed E-state index contributed by atoms with van der Waals surface area (Å²) in [5.41, 5.74) is 0.721. The van der Waals surface area contributed by atoms with Crippen LogP contribution in [-0.4, -0.2) is 47.5 Å². The van der Waals surface area contributed by atoms with E-state index in [1.807, 2.05) is 39.0 Å². The summed E-state index contributed by atoms with van der Waals surface area (Å²) in [6.07, 6.45) is -0.748. The first-order valence-corrected chi connectivity index (χ1v) is 9.45. The fourth-order valence-corrected chi connectivity index (χ4v) is 2.67. The number of aryl methyl sites for hydroxylation is 1. The quantitative estimate of drug-likeness (QED) is 0.681. The van der Waals surface area contributed by atoms with Crippen LogP contribution in [0.15, 0.2) is 24.3 Å². The maximum absolute atomic E-state index is 12.9. The number of nitrogens with one attached hydrogen (secondary N) is 2. The number of rotatable bonds is 7. The van der Waals surface area contributed by atoms with Crippen molar-refractivity contribution in [1.29, 1.82) is 5.26 Å². The number of hydrogen-bond donors (Lipinski definition) is 2. The largest absolute Gasteiger partial charge is 0.444 e. The first kappa shape index (κ1) is 24.0. The van der Waals surface area contributed by atoms with Gasteiger partial charge in [-0.25, -0.2) is 4.79 Å². The van der Waals surface area contributed by atoms with Crippen LogP contribution >= 0.6 is 0 Å².